The van der Waals surface area contributed by atoms with E-state index in [4.69, 9.17) is 9.15 Å². The molecule has 0 fully saturated rings. The van der Waals surface area contributed by atoms with Crippen molar-refractivity contribution < 1.29 is 9.15 Å². The number of furan rings is 1. The first kappa shape index (κ1) is 16.3. The van der Waals surface area contributed by atoms with Gasteiger partial charge in [0.15, 0.2) is 0 Å². The van der Waals surface area contributed by atoms with Gasteiger partial charge in [0.2, 0.25) is 0 Å². The molecule has 1 heterocycles. The predicted octanol–water partition coefficient (Wildman–Crippen LogP) is 4.57. The molecule has 0 aliphatic rings. The van der Waals surface area contributed by atoms with Crippen LogP contribution in [0, 0.1) is 6.92 Å². The Kier molecular flexibility index (Phi) is 6.03. The Morgan fingerprint density at radius 1 is 1.24 bits per heavy atom. The molecule has 3 nitrogen and oxygen atoms in total. The van der Waals surface area contributed by atoms with E-state index < -0.39 is 0 Å². The maximum atomic E-state index is 5.73. The van der Waals surface area contributed by atoms with Crippen LogP contribution in [-0.2, 0) is 24.5 Å². The van der Waals surface area contributed by atoms with Gasteiger partial charge in [-0.15, -0.1) is 0 Å². The molecule has 21 heavy (non-hydrogen) atoms. The molecule has 0 amide bonds. The summed E-state index contributed by atoms with van der Waals surface area (Å²) in [5.41, 5.74) is 2.35. The fraction of sp³-hybridized carbons (Fsp3) is 0.412. The van der Waals surface area contributed by atoms with Gasteiger partial charge in [-0.1, -0.05) is 41.9 Å². The minimum atomic E-state index is 0.468. The van der Waals surface area contributed by atoms with Crippen molar-refractivity contribution in [3.63, 3.8) is 0 Å². The van der Waals surface area contributed by atoms with E-state index in [-0.39, 0.29) is 0 Å². The Balaban J connectivity index is 1.84. The molecule has 0 aliphatic heterocycles. The average Bonchev–Trinajstić information content (AvgIpc) is 2.77. The van der Waals surface area contributed by atoms with Crippen LogP contribution < -0.4 is 5.32 Å². The van der Waals surface area contributed by atoms with Gasteiger partial charge in [0.05, 0.1) is 6.61 Å². The summed E-state index contributed by atoms with van der Waals surface area (Å²) in [5, 5.41) is 3.40. The number of ether oxygens (including phenoxy) is 1. The van der Waals surface area contributed by atoms with Crippen LogP contribution in [0.4, 0.5) is 0 Å². The summed E-state index contributed by atoms with van der Waals surface area (Å²) in [7, 11) is 0. The summed E-state index contributed by atoms with van der Waals surface area (Å²) in [6.45, 7) is 8.18. The van der Waals surface area contributed by atoms with Crippen LogP contribution in [0.2, 0.25) is 0 Å². The highest BCUT2D eigenvalue weighted by atomic mass is 79.9. The lowest BCUT2D eigenvalue weighted by Gasteiger charge is -2.06. The first-order valence-electron chi connectivity index (χ1n) is 7.18. The van der Waals surface area contributed by atoms with Crippen LogP contribution >= 0.6 is 15.9 Å². The van der Waals surface area contributed by atoms with E-state index in [1.807, 2.05) is 19.1 Å². The molecule has 0 atom stereocenters. The largest absolute Gasteiger partial charge is 0.464 e. The highest BCUT2D eigenvalue weighted by Crippen LogP contribution is 2.17. The van der Waals surface area contributed by atoms with E-state index >= 15 is 0 Å². The van der Waals surface area contributed by atoms with Gasteiger partial charge < -0.3 is 14.5 Å². The van der Waals surface area contributed by atoms with E-state index in [2.05, 4.69) is 53.3 Å². The molecule has 1 N–H and O–H groups in total. The molecule has 2 rings (SSSR count). The molecule has 0 aliphatic carbocycles. The number of hydrogen-bond donors (Lipinski definition) is 1. The zero-order valence-corrected chi connectivity index (χ0v) is 14.4. The Hall–Kier alpha value is -1.10. The van der Waals surface area contributed by atoms with Gasteiger partial charge in [-0.3, -0.25) is 0 Å². The molecule has 0 saturated heterocycles. The van der Waals surface area contributed by atoms with Crippen molar-refractivity contribution in [2.45, 2.75) is 46.6 Å². The maximum Gasteiger partial charge on any atom is 0.130 e. The molecule has 0 bridgehead atoms. The van der Waals surface area contributed by atoms with Gasteiger partial charge in [0.25, 0.3) is 0 Å². The fourth-order valence-electron chi connectivity index (χ4n) is 2.04. The molecule has 0 saturated carbocycles. The molecule has 1 aromatic heterocycles. The van der Waals surface area contributed by atoms with Crippen molar-refractivity contribution in [1.29, 1.82) is 0 Å². The number of benzene rings is 1. The Bertz CT molecular complexity index is 578. The van der Waals surface area contributed by atoms with Gasteiger partial charge in [-0.2, -0.15) is 0 Å². The highest BCUT2D eigenvalue weighted by molar-refractivity contribution is 9.10. The fourth-order valence-corrected chi connectivity index (χ4v) is 2.49. The van der Waals surface area contributed by atoms with Crippen molar-refractivity contribution in [2.24, 2.45) is 0 Å². The molecule has 114 valence electrons. The molecule has 1 aromatic carbocycles. The number of hydrogen-bond acceptors (Lipinski definition) is 3. The lowest BCUT2D eigenvalue weighted by Crippen LogP contribution is -2.21. The second-order valence-electron chi connectivity index (χ2n) is 5.45. The van der Waals surface area contributed by atoms with Crippen LogP contribution in [0.1, 0.15) is 36.5 Å². The molecular weight excluding hydrogens is 330 g/mol. The van der Waals surface area contributed by atoms with E-state index in [1.54, 1.807) is 0 Å². The predicted molar refractivity (Wildman–Crippen MR) is 88.1 cm³/mol. The normalized spacial score (nSPS) is 11.3. The second-order valence-corrected chi connectivity index (χ2v) is 6.37. The molecule has 0 spiro atoms. The van der Waals surface area contributed by atoms with Crippen molar-refractivity contribution in [3.05, 3.63) is 57.5 Å². The van der Waals surface area contributed by atoms with Gasteiger partial charge in [-0.25, -0.2) is 0 Å². The summed E-state index contributed by atoms with van der Waals surface area (Å²) in [6.07, 6.45) is 0. The summed E-state index contributed by atoms with van der Waals surface area (Å²) in [6, 6.07) is 10.7. The van der Waals surface area contributed by atoms with E-state index in [1.165, 1.54) is 5.56 Å². The highest BCUT2D eigenvalue weighted by Gasteiger charge is 2.08. The number of rotatable bonds is 7. The minimum Gasteiger partial charge on any atom is -0.464 e. The van der Waals surface area contributed by atoms with E-state index in [0.29, 0.717) is 19.3 Å². The first-order valence-corrected chi connectivity index (χ1v) is 7.97. The second kappa shape index (κ2) is 7.78. The molecule has 2 aromatic rings. The van der Waals surface area contributed by atoms with Gasteiger partial charge in [0, 0.05) is 22.6 Å². The summed E-state index contributed by atoms with van der Waals surface area (Å²) < 4.78 is 12.5. The van der Waals surface area contributed by atoms with E-state index in [9.17, 15) is 0 Å². The van der Waals surface area contributed by atoms with Crippen LogP contribution in [0.15, 0.2) is 39.2 Å². The standard InChI is InChI=1S/C17H22BrNO2/c1-12(2)19-9-15-8-17(21-13(15)3)11-20-10-14-5-4-6-16(18)7-14/h4-8,12,19H,9-11H2,1-3H3. The summed E-state index contributed by atoms with van der Waals surface area (Å²) in [4.78, 5) is 0. The molecule has 0 unspecified atom stereocenters. The third-order valence-electron chi connectivity index (χ3n) is 3.17. The van der Waals surface area contributed by atoms with Gasteiger partial charge in [0.1, 0.15) is 18.1 Å². The molecular formula is C17H22BrNO2. The lowest BCUT2D eigenvalue weighted by molar-refractivity contribution is 0.0923. The van der Waals surface area contributed by atoms with Gasteiger partial charge in [-0.05, 0) is 30.7 Å². The third-order valence-corrected chi connectivity index (χ3v) is 3.67. The zero-order valence-electron chi connectivity index (χ0n) is 12.8. The van der Waals surface area contributed by atoms with Crippen LogP contribution in [0.5, 0.6) is 0 Å². The summed E-state index contributed by atoms with van der Waals surface area (Å²) in [5.74, 6) is 1.84. The Morgan fingerprint density at radius 3 is 2.76 bits per heavy atom. The Morgan fingerprint density at radius 2 is 2.05 bits per heavy atom. The van der Waals surface area contributed by atoms with Crippen molar-refractivity contribution in [1.82, 2.24) is 5.32 Å². The first-order chi connectivity index (χ1) is 10.0. The number of halogens is 1. The van der Waals surface area contributed by atoms with Crippen molar-refractivity contribution in [2.75, 3.05) is 0 Å². The Labute approximate surface area is 134 Å². The number of aryl methyl sites for hydroxylation is 1. The van der Waals surface area contributed by atoms with Gasteiger partial charge >= 0.3 is 0 Å². The van der Waals surface area contributed by atoms with Crippen LogP contribution in [-0.4, -0.2) is 6.04 Å². The zero-order chi connectivity index (χ0) is 15.2. The SMILES string of the molecule is Cc1oc(COCc2cccc(Br)c2)cc1CNC(C)C. The lowest BCUT2D eigenvalue weighted by atomic mass is 10.2. The number of nitrogens with one attached hydrogen (secondary N) is 1. The monoisotopic (exact) mass is 351 g/mol. The van der Waals surface area contributed by atoms with Crippen LogP contribution in [0.3, 0.4) is 0 Å². The smallest absolute Gasteiger partial charge is 0.130 e. The third kappa shape index (κ3) is 5.30. The summed E-state index contributed by atoms with van der Waals surface area (Å²) >= 11 is 3.46. The van der Waals surface area contributed by atoms with E-state index in [0.717, 1.165) is 28.1 Å². The van der Waals surface area contributed by atoms with Crippen molar-refractivity contribution in [3.8, 4) is 0 Å². The average molecular weight is 352 g/mol. The molecule has 4 heteroatoms. The van der Waals surface area contributed by atoms with Crippen molar-refractivity contribution >= 4 is 15.9 Å². The quantitative estimate of drug-likeness (QED) is 0.793. The molecule has 0 radical (unpaired) electrons. The maximum absolute atomic E-state index is 5.73. The topological polar surface area (TPSA) is 34.4 Å². The minimum absolute atomic E-state index is 0.468. The van der Waals surface area contributed by atoms with Crippen LogP contribution in [0.25, 0.3) is 0 Å².